The number of Topliss-reactive ketones (excluding diaryl/α,β-unsaturated/α-hetero) is 1. The van der Waals surface area contributed by atoms with Gasteiger partial charge in [-0.2, -0.15) is 0 Å². The van der Waals surface area contributed by atoms with Crippen molar-refractivity contribution in [3.8, 4) is 0 Å². The van der Waals surface area contributed by atoms with E-state index in [0.717, 1.165) is 34.6 Å². The van der Waals surface area contributed by atoms with E-state index in [9.17, 15) is 9.18 Å². The molecule has 0 saturated heterocycles. The molecule has 1 aliphatic heterocycles. The topological polar surface area (TPSA) is 41.5 Å². The number of benzene rings is 2. The van der Waals surface area contributed by atoms with E-state index in [1.54, 1.807) is 12.1 Å². The Balaban J connectivity index is 1.90. The predicted octanol–water partition coefficient (Wildman–Crippen LogP) is 6.34. The molecule has 5 heteroatoms. The first-order valence-corrected chi connectivity index (χ1v) is 9.95. The second kappa shape index (κ2) is 6.70. The van der Waals surface area contributed by atoms with Crippen LogP contribution in [0.25, 0.3) is 0 Å². The lowest BCUT2D eigenvalue weighted by molar-refractivity contribution is -0.124. The lowest BCUT2D eigenvalue weighted by Gasteiger charge is -2.37. The predicted molar refractivity (Wildman–Crippen MR) is 112 cm³/mol. The number of halogens is 2. The molecule has 4 rings (SSSR count). The van der Waals surface area contributed by atoms with Crippen molar-refractivity contribution in [1.29, 1.82) is 0 Å². The molecule has 2 aromatic rings. The number of rotatable bonds is 1. The summed E-state index contributed by atoms with van der Waals surface area (Å²) in [5.74, 6) is -0.752. The summed E-state index contributed by atoms with van der Waals surface area (Å²) >= 11 is 5.89. The lowest BCUT2D eigenvalue weighted by Crippen LogP contribution is -2.42. The second-order valence-electron chi connectivity index (χ2n) is 8.81. The molecule has 2 atom stereocenters. The number of hydrogen-bond acceptors (Lipinski definition) is 3. The van der Waals surface area contributed by atoms with Gasteiger partial charge in [-0.15, -0.1) is 0 Å². The largest absolute Gasteiger partial charge is 0.375 e. The van der Waals surface area contributed by atoms with Gasteiger partial charge in [0.2, 0.25) is 0 Å². The molecule has 1 fully saturated rings. The fourth-order valence-electron chi connectivity index (χ4n) is 4.31. The van der Waals surface area contributed by atoms with Gasteiger partial charge < -0.3 is 5.32 Å². The van der Waals surface area contributed by atoms with Crippen molar-refractivity contribution < 1.29 is 9.18 Å². The first kappa shape index (κ1) is 19.1. The third-order valence-corrected chi connectivity index (χ3v) is 6.15. The zero-order valence-electron chi connectivity index (χ0n) is 16.6. The van der Waals surface area contributed by atoms with Crippen LogP contribution in [-0.4, -0.2) is 11.5 Å². The Kier molecular flexibility index (Phi) is 4.58. The van der Waals surface area contributed by atoms with Gasteiger partial charge in [0.1, 0.15) is 11.6 Å². The summed E-state index contributed by atoms with van der Waals surface area (Å²) in [6.45, 7) is 8.30. The summed E-state index contributed by atoms with van der Waals surface area (Å²) in [6.07, 6.45) is 1.23. The van der Waals surface area contributed by atoms with Crippen molar-refractivity contribution in [3.63, 3.8) is 0 Å². The minimum Gasteiger partial charge on any atom is -0.375 e. The number of ketones is 1. The maximum atomic E-state index is 14.2. The molecule has 0 spiro atoms. The molecule has 0 amide bonds. The Morgan fingerprint density at radius 1 is 1.14 bits per heavy atom. The molecule has 1 heterocycles. The van der Waals surface area contributed by atoms with E-state index in [0.29, 0.717) is 12.0 Å². The number of aliphatic imine (C=N–C) groups is 1. The van der Waals surface area contributed by atoms with Crippen LogP contribution in [-0.2, 0) is 4.79 Å². The average molecular weight is 399 g/mol. The Labute approximate surface area is 170 Å². The summed E-state index contributed by atoms with van der Waals surface area (Å²) < 4.78 is 14.2. The zero-order chi connectivity index (χ0) is 20.2. The second-order valence-corrected chi connectivity index (χ2v) is 9.22. The van der Waals surface area contributed by atoms with Crippen molar-refractivity contribution in [1.82, 2.24) is 0 Å². The van der Waals surface area contributed by atoms with Crippen LogP contribution in [0.15, 0.2) is 35.3 Å². The number of fused-ring (bicyclic) bond motifs is 2. The van der Waals surface area contributed by atoms with Gasteiger partial charge >= 0.3 is 0 Å². The van der Waals surface area contributed by atoms with E-state index in [2.05, 4.69) is 38.2 Å². The van der Waals surface area contributed by atoms with E-state index in [-0.39, 0.29) is 22.3 Å². The van der Waals surface area contributed by atoms with E-state index in [1.807, 2.05) is 6.92 Å². The smallest absolute Gasteiger partial charge is 0.144 e. The lowest BCUT2D eigenvalue weighted by atomic mass is 9.68. The van der Waals surface area contributed by atoms with Gasteiger partial charge in [0.05, 0.1) is 28.4 Å². The normalized spacial score (nSPS) is 23.2. The van der Waals surface area contributed by atoms with Gasteiger partial charge in [-0.05, 0) is 66.6 Å². The fraction of sp³-hybridized carbons (Fsp3) is 0.391. The van der Waals surface area contributed by atoms with Crippen molar-refractivity contribution in [3.05, 3.63) is 57.9 Å². The highest BCUT2D eigenvalue weighted by Gasteiger charge is 2.44. The Morgan fingerprint density at radius 2 is 1.86 bits per heavy atom. The molecule has 0 radical (unpaired) electrons. The number of hydrogen-bond donors (Lipinski definition) is 1. The Bertz CT molecular complexity index is 1010. The molecule has 28 heavy (non-hydrogen) atoms. The summed E-state index contributed by atoms with van der Waals surface area (Å²) in [5.41, 5.74) is 5.45. The number of carbonyl (C=O) groups is 1. The third-order valence-electron chi connectivity index (χ3n) is 5.84. The third kappa shape index (κ3) is 3.35. The van der Waals surface area contributed by atoms with Gasteiger partial charge in [-0.1, -0.05) is 31.5 Å². The van der Waals surface area contributed by atoms with E-state index in [4.69, 9.17) is 16.6 Å². The standard InChI is InChI=1S/C23H24ClFN2O/c1-12-7-17-18(8-13(12)2)27-22(14-5-6-15(24)16(25)9-14)21-19(26-17)10-23(3,4)11-20(21)28/h5-9,21-22,27H,10-11H2,1-4H3. The summed E-state index contributed by atoms with van der Waals surface area (Å²) in [4.78, 5) is 18.1. The minimum atomic E-state index is -0.479. The molecule has 1 N–H and O–H groups in total. The number of carbonyl (C=O) groups excluding carboxylic acids is 1. The van der Waals surface area contributed by atoms with Gasteiger partial charge in [0, 0.05) is 12.1 Å². The highest BCUT2D eigenvalue weighted by Crippen LogP contribution is 2.45. The number of aryl methyl sites for hydroxylation is 2. The SMILES string of the molecule is Cc1cc2c(cc1C)NC(c1ccc(Cl)c(F)c1)C1C(=O)CC(C)(C)CC1=N2. The van der Waals surface area contributed by atoms with Crippen LogP contribution in [0, 0.1) is 31.0 Å². The maximum absolute atomic E-state index is 14.2. The molecule has 0 bridgehead atoms. The molecule has 3 nitrogen and oxygen atoms in total. The molecule has 1 saturated carbocycles. The van der Waals surface area contributed by atoms with Crippen molar-refractivity contribution >= 4 is 34.5 Å². The fourth-order valence-corrected chi connectivity index (χ4v) is 4.43. The van der Waals surface area contributed by atoms with Gasteiger partial charge in [0.15, 0.2) is 0 Å². The van der Waals surface area contributed by atoms with Crippen LogP contribution < -0.4 is 5.32 Å². The van der Waals surface area contributed by atoms with Crippen LogP contribution in [0.3, 0.4) is 0 Å². The van der Waals surface area contributed by atoms with Crippen molar-refractivity contribution in [2.45, 2.75) is 46.6 Å². The minimum absolute atomic E-state index is 0.0780. The van der Waals surface area contributed by atoms with Crippen LogP contribution >= 0.6 is 11.6 Å². The number of nitrogens with zero attached hydrogens (tertiary/aromatic N) is 1. The first-order chi connectivity index (χ1) is 13.1. The molecule has 146 valence electrons. The Morgan fingerprint density at radius 3 is 2.57 bits per heavy atom. The number of nitrogens with one attached hydrogen (secondary N) is 1. The molecule has 1 aliphatic carbocycles. The molecule has 2 unspecified atom stereocenters. The molecule has 2 aromatic carbocycles. The van der Waals surface area contributed by atoms with Gasteiger partial charge in [-0.25, -0.2) is 4.39 Å². The van der Waals surface area contributed by atoms with Gasteiger partial charge in [-0.3, -0.25) is 9.79 Å². The first-order valence-electron chi connectivity index (χ1n) is 9.57. The zero-order valence-corrected chi connectivity index (χ0v) is 17.3. The molecular weight excluding hydrogens is 375 g/mol. The molecule has 2 aliphatic rings. The molecular formula is C23H24ClFN2O. The monoisotopic (exact) mass is 398 g/mol. The van der Waals surface area contributed by atoms with Crippen molar-refractivity contribution in [2.75, 3.05) is 5.32 Å². The van der Waals surface area contributed by atoms with Crippen LogP contribution in [0.1, 0.15) is 49.4 Å². The summed E-state index contributed by atoms with van der Waals surface area (Å²) in [7, 11) is 0. The average Bonchev–Trinajstić information content (AvgIpc) is 2.73. The number of anilines is 1. The van der Waals surface area contributed by atoms with Gasteiger partial charge in [0.25, 0.3) is 0 Å². The van der Waals surface area contributed by atoms with Crippen molar-refractivity contribution in [2.24, 2.45) is 16.3 Å². The van der Waals surface area contributed by atoms with Crippen LogP contribution in [0.4, 0.5) is 15.8 Å². The highest BCUT2D eigenvalue weighted by atomic mass is 35.5. The van der Waals surface area contributed by atoms with E-state index < -0.39 is 11.7 Å². The van der Waals surface area contributed by atoms with Crippen LogP contribution in [0.5, 0.6) is 0 Å². The summed E-state index contributed by atoms with van der Waals surface area (Å²) in [5, 5.41) is 3.58. The molecule has 0 aromatic heterocycles. The van der Waals surface area contributed by atoms with Crippen LogP contribution in [0.2, 0.25) is 5.02 Å². The van der Waals surface area contributed by atoms with E-state index >= 15 is 0 Å². The quantitative estimate of drug-likeness (QED) is 0.608. The summed E-state index contributed by atoms with van der Waals surface area (Å²) in [6, 6.07) is 8.50. The highest BCUT2D eigenvalue weighted by molar-refractivity contribution is 6.30. The van der Waals surface area contributed by atoms with E-state index in [1.165, 1.54) is 6.07 Å². The maximum Gasteiger partial charge on any atom is 0.144 e. The Hall–Kier alpha value is -2.20.